The summed E-state index contributed by atoms with van der Waals surface area (Å²) in [5.74, 6) is -2.58. The van der Waals surface area contributed by atoms with E-state index in [1.54, 1.807) is 6.92 Å². The first-order valence-corrected chi connectivity index (χ1v) is 3.34. The highest BCUT2D eigenvalue weighted by Gasteiger charge is 2.25. The fraction of sp³-hybridized carbons (Fsp3) is 0.714. The average molecular weight is 149 g/mol. The molecule has 0 bridgehead atoms. The highest BCUT2D eigenvalue weighted by molar-refractivity contribution is 4.73. The number of rotatable bonds is 5. The molecule has 0 saturated carbocycles. The van der Waals surface area contributed by atoms with Crippen molar-refractivity contribution in [3.8, 4) is 0 Å². The molecule has 10 heavy (non-hydrogen) atoms. The van der Waals surface area contributed by atoms with Gasteiger partial charge in [-0.15, -0.1) is 0 Å². The van der Waals surface area contributed by atoms with E-state index < -0.39 is 5.92 Å². The molecule has 0 rings (SSSR count). The van der Waals surface area contributed by atoms with Crippen LogP contribution in [0.25, 0.3) is 0 Å². The number of hydrogen-bond donors (Lipinski definition) is 1. The predicted octanol–water partition coefficient (Wildman–Crippen LogP) is 2.15. The van der Waals surface area contributed by atoms with E-state index in [-0.39, 0.29) is 13.0 Å². The molecule has 60 valence electrons. The highest BCUT2D eigenvalue weighted by atomic mass is 19.3. The van der Waals surface area contributed by atoms with Crippen LogP contribution >= 0.6 is 0 Å². The maximum atomic E-state index is 12.5. The normalized spacial score (nSPS) is 11.1. The molecule has 0 aromatic carbocycles. The molecule has 0 amide bonds. The Labute approximate surface area is 60.1 Å². The van der Waals surface area contributed by atoms with E-state index in [1.165, 1.54) is 6.20 Å². The molecule has 3 heteroatoms. The summed E-state index contributed by atoms with van der Waals surface area (Å²) in [5, 5.41) is 2.39. The zero-order chi connectivity index (χ0) is 8.04. The van der Waals surface area contributed by atoms with E-state index in [2.05, 4.69) is 11.9 Å². The Balaban J connectivity index is 3.51. The molecule has 0 heterocycles. The van der Waals surface area contributed by atoms with Gasteiger partial charge in [0.2, 0.25) is 0 Å². The lowest BCUT2D eigenvalue weighted by Gasteiger charge is -2.14. The molecule has 0 atom stereocenters. The molecule has 0 unspecified atom stereocenters. The Kier molecular flexibility index (Phi) is 4.00. The van der Waals surface area contributed by atoms with E-state index in [0.717, 1.165) is 0 Å². The largest absolute Gasteiger partial charge is 0.385 e. The van der Waals surface area contributed by atoms with Crippen LogP contribution in [-0.4, -0.2) is 12.5 Å². The Morgan fingerprint density at radius 2 is 2.20 bits per heavy atom. The van der Waals surface area contributed by atoms with Crippen molar-refractivity contribution in [3.63, 3.8) is 0 Å². The van der Waals surface area contributed by atoms with E-state index in [9.17, 15) is 8.78 Å². The fourth-order valence-electron chi connectivity index (χ4n) is 0.676. The lowest BCUT2D eigenvalue weighted by Crippen LogP contribution is -2.29. The molecule has 1 N–H and O–H groups in total. The van der Waals surface area contributed by atoms with Crippen molar-refractivity contribution in [1.82, 2.24) is 5.32 Å². The quantitative estimate of drug-likeness (QED) is 0.631. The van der Waals surface area contributed by atoms with Crippen molar-refractivity contribution < 1.29 is 8.78 Å². The van der Waals surface area contributed by atoms with Gasteiger partial charge in [0.15, 0.2) is 0 Å². The molecule has 0 fully saturated rings. The van der Waals surface area contributed by atoms with Gasteiger partial charge < -0.3 is 5.32 Å². The van der Waals surface area contributed by atoms with E-state index in [1.807, 2.05) is 0 Å². The minimum absolute atomic E-state index is 0.0617. The molecule has 0 aliphatic heterocycles. The van der Waals surface area contributed by atoms with Gasteiger partial charge >= 0.3 is 0 Å². The van der Waals surface area contributed by atoms with Crippen molar-refractivity contribution in [1.29, 1.82) is 0 Å². The van der Waals surface area contributed by atoms with Crippen LogP contribution in [0.1, 0.15) is 19.8 Å². The zero-order valence-corrected chi connectivity index (χ0v) is 6.16. The fourth-order valence-corrected chi connectivity index (χ4v) is 0.676. The molecule has 0 radical (unpaired) electrons. The van der Waals surface area contributed by atoms with Gasteiger partial charge in [-0.05, 0) is 6.20 Å². The van der Waals surface area contributed by atoms with Gasteiger partial charge in [-0.1, -0.05) is 19.9 Å². The van der Waals surface area contributed by atoms with Gasteiger partial charge in [0.25, 0.3) is 5.92 Å². The number of alkyl halides is 2. The summed E-state index contributed by atoms with van der Waals surface area (Å²) < 4.78 is 25.0. The van der Waals surface area contributed by atoms with E-state index in [4.69, 9.17) is 0 Å². The lowest BCUT2D eigenvalue weighted by atomic mass is 10.2. The summed E-state index contributed by atoms with van der Waals surface area (Å²) in [7, 11) is 0. The maximum absolute atomic E-state index is 12.5. The molecule has 1 nitrogen and oxygen atoms in total. The second-order valence-corrected chi connectivity index (χ2v) is 2.19. The van der Waals surface area contributed by atoms with Gasteiger partial charge in [0.1, 0.15) is 0 Å². The lowest BCUT2D eigenvalue weighted by molar-refractivity contribution is -0.00403. The average Bonchev–Trinajstić information content (AvgIpc) is 1.84. The van der Waals surface area contributed by atoms with Crippen LogP contribution in [0.3, 0.4) is 0 Å². The third-order valence-electron chi connectivity index (χ3n) is 1.12. The second-order valence-electron chi connectivity index (χ2n) is 2.19. The van der Waals surface area contributed by atoms with Gasteiger partial charge in [-0.25, -0.2) is 8.78 Å². The molecule has 0 aromatic heterocycles. The summed E-state index contributed by atoms with van der Waals surface area (Å²) in [6.45, 7) is 4.72. The third kappa shape index (κ3) is 4.30. The summed E-state index contributed by atoms with van der Waals surface area (Å²) in [4.78, 5) is 0. The monoisotopic (exact) mass is 149 g/mol. The van der Waals surface area contributed by atoms with Crippen molar-refractivity contribution in [2.75, 3.05) is 6.54 Å². The van der Waals surface area contributed by atoms with Crippen LogP contribution in [0.5, 0.6) is 0 Å². The van der Waals surface area contributed by atoms with Crippen molar-refractivity contribution >= 4 is 0 Å². The standard InChI is InChI=1S/C7H13F2N/c1-3-5-7(8,9)6-10-4-2/h4,10H,2-3,5-6H2,1H3. The minimum Gasteiger partial charge on any atom is -0.385 e. The SMILES string of the molecule is C=CNCC(F)(F)CCC. The van der Waals surface area contributed by atoms with Crippen molar-refractivity contribution in [2.24, 2.45) is 0 Å². The zero-order valence-electron chi connectivity index (χ0n) is 6.16. The first kappa shape index (κ1) is 9.40. The summed E-state index contributed by atoms with van der Waals surface area (Å²) in [5.41, 5.74) is 0. The summed E-state index contributed by atoms with van der Waals surface area (Å²) in [6.07, 6.45) is 1.73. The van der Waals surface area contributed by atoms with Crippen LogP contribution in [0.4, 0.5) is 8.78 Å². The van der Waals surface area contributed by atoms with Gasteiger partial charge in [-0.2, -0.15) is 0 Å². The molecule has 0 aliphatic rings. The maximum Gasteiger partial charge on any atom is 0.264 e. The van der Waals surface area contributed by atoms with Crippen LogP contribution < -0.4 is 5.32 Å². The number of halogens is 2. The second kappa shape index (κ2) is 4.25. The van der Waals surface area contributed by atoms with Crippen LogP contribution in [0.2, 0.25) is 0 Å². The smallest absolute Gasteiger partial charge is 0.264 e. The topological polar surface area (TPSA) is 12.0 Å². The predicted molar refractivity (Wildman–Crippen MR) is 38.1 cm³/mol. The summed E-state index contributed by atoms with van der Waals surface area (Å²) >= 11 is 0. The molecule has 0 saturated heterocycles. The van der Waals surface area contributed by atoms with Crippen molar-refractivity contribution in [2.45, 2.75) is 25.7 Å². The number of nitrogens with one attached hydrogen (secondary N) is 1. The van der Waals surface area contributed by atoms with E-state index >= 15 is 0 Å². The van der Waals surface area contributed by atoms with Gasteiger partial charge in [-0.3, -0.25) is 0 Å². The summed E-state index contributed by atoms with van der Waals surface area (Å²) in [6, 6.07) is 0. The first-order valence-electron chi connectivity index (χ1n) is 3.34. The number of hydrogen-bond acceptors (Lipinski definition) is 1. The molecule has 0 aliphatic carbocycles. The van der Waals surface area contributed by atoms with E-state index in [0.29, 0.717) is 6.42 Å². The van der Waals surface area contributed by atoms with Crippen LogP contribution in [0, 0.1) is 0 Å². The molecular formula is C7H13F2N. The molecular weight excluding hydrogens is 136 g/mol. The Bertz CT molecular complexity index is 102. The van der Waals surface area contributed by atoms with Crippen molar-refractivity contribution in [3.05, 3.63) is 12.8 Å². The van der Waals surface area contributed by atoms with Gasteiger partial charge in [0.05, 0.1) is 6.54 Å². The van der Waals surface area contributed by atoms with Crippen LogP contribution in [-0.2, 0) is 0 Å². The third-order valence-corrected chi connectivity index (χ3v) is 1.12. The molecule has 0 aromatic rings. The Morgan fingerprint density at radius 1 is 1.60 bits per heavy atom. The Hall–Kier alpha value is -0.600. The highest BCUT2D eigenvalue weighted by Crippen LogP contribution is 2.18. The Morgan fingerprint density at radius 3 is 2.60 bits per heavy atom. The minimum atomic E-state index is -2.58. The molecule has 0 spiro atoms. The first-order chi connectivity index (χ1) is 4.62. The van der Waals surface area contributed by atoms with Gasteiger partial charge in [0, 0.05) is 6.42 Å². The van der Waals surface area contributed by atoms with Crippen LogP contribution in [0.15, 0.2) is 12.8 Å².